The van der Waals surface area contributed by atoms with Crippen molar-refractivity contribution in [1.82, 2.24) is 24.9 Å². The first-order valence-corrected chi connectivity index (χ1v) is 15.4. The lowest BCUT2D eigenvalue weighted by atomic mass is 9.98. The molecule has 0 aliphatic carbocycles. The van der Waals surface area contributed by atoms with Crippen LogP contribution in [0.1, 0.15) is 0 Å². The molecule has 4 aromatic heterocycles. The summed E-state index contributed by atoms with van der Waals surface area (Å²) in [5.74, 6) is 1.89. The van der Waals surface area contributed by atoms with E-state index in [0.717, 1.165) is 71.9 Å². The maximum Gasteiger partial charge on any atom is 0.164 e. The first kappa shape index (κ1) is 26.8. The Morgan fingerprint density at radius 3 is 1.72 bits per heavy atom. The summed E-state index contributed by atoms with van der Waals surface area (Å²) in [6, 6.07) is 46.7. The number of benzene rings is 5. The molecule has 4 heterocycles. The van der Waals surface area contributed by atoms with E-state index in [9.17, 15) is 0 Å². The summed E-state index contributed by atoms with van der Waals surface area (Å²) in [7, 11) is 0. The Morgan fingerprint density at radius 2 is 1.02 bits per heavy atom. The van der Waals surface area contributed by atoms with Gasteiger partial charge in [-0.05, 0) is 17.7 Å². The van der Waals surface area contributed by atoms with Crippen LogP contribution in [0.2, 0.25) is 0 Å². The van der Waals surface area contributed by atoms with Gasteiger partial charge in [0.15, 0.2) is 17.5 Å². The van der Waals surface area contributed by atoms with Crippen molar-refractivity contribution in [2.24, 2.45) is 0 Å². The Bertz CT molecular complexity index is 2500. The Balaban J connectivity index is 1.15. The largest absolute Gasteiger partial charge is 0.455 e. The quantitative estimate of drug-likeness (QED) is 0.195. The molecular formula is C41H25N5O. The van der Waals surface area contributed by atoms with Crippen molar-refractivity contribution in [1.29, 1.82) is 0 Å². The molecule has 0 N–H and O–H groups in total. The van der Waals surface area contributed by atoms with Gasteiger partial charge in [-0.2, -0.15) is 0 Å². The third-order valence-corrected chi connectivity index (χ3v) is 8.45. The second-order valence-corrected chi connectivity index (χ2v) is 11.3. The Hall–Kier alpha value is -6.53. The summed E-state index contributed by atoms with van der Waals surface area (Å²) in [5, 5.41) is 3.06. The predicted molar refractivity (Wildman–Crippen MR) is 187 cm³/mol. The second-order valence-electron chi connectivity index (χ2n) is 11.3. The zero-order valence-electron chi connectivity index (χ0n) is 25.1. The fourth-order valence-corrected chi connectivity index (χ4v) is 6.21. The van der Waals surface area contributed by atoms with Crippen LogP contribution in [0.25, 0.3) is 89.4 Å². The van der Waals surface area contributed by atoms with Crippen molar-refractivity contribution >= 4 is 32.8 Å². The summed E-state index contributed by atoms with van der Waals surface area (Å²) in [6.45, 7) is 0. The molecule has 0 radical (unpaired) electrons. The predicted octanol–water partition coefficient (Wildman–Crippen LogP) is 10.0. The number of furan rings is 1. The van der Waals surface area contributed by atoms with E-state index in [4.69, 9.17) is 24.4 Å². The third kappa shape index (κ3) is 4.71. The summed E-state index contributed by atoms with van der Waals surface area (Å²) < 4.78 is 6.56. The fraction of sp³-hybridized carbons (Fsp3) is 0. The number of fused-ring (bicyclic) bond motifs is 4. The van der Waals surface area contributed by atoms with Crippen LogP contribution in [-0.4, -0.2) is 24.9 Å². The van der Waals surface area contributed by atoms with Crippen LogP contribution in [0.4, 0.5) is 0 Å². The molecule has 9 aromatic rings. The molecule has 0 spiro atoms. The molecule has 0 atom stereocenters. The van der Waals surface area contributed by atoms with Gasteiger partial charge in [-0.15, -0.1) is 0 Å². The van der Waals surface area contributed by atoms with E-state index in [-0.39, 0.29) is 0 Å². The molecule has 0 saturated carbocycles. The van der Waals surface area contributed by atoms with Gasteiger partial charge in [-0.3, -0.25) is 9.97 Å². The van der Waals surface area contributed by atoms with Gasteiger partial charge >= 0.3 is 0 Å². The highest BCUT2D eigenvalue weighted by atomic mass is 16.3. The van der Waals surface area contributed by atoms with Gasteiger partial charge in [0.25, 0.3) is 0 Å². The van der Waals surface area contributed by atoms with Crippen molar-refractivity contribution in [2.75, 3.05) is 0 Å². The molecule has 6 heteroatoms. The maximum atomic E-state index is 6.56. The van der Waals surface area contributed by atoms with E-state index in [2.05, 4.69) is 65.6 Å². The highest BCUT2D eigenvalue weighted by Crippen LogP contribution is 2.41. The smallest absolute Gasteiger partial charge is 0.164 e. The number of hydrogen-bond acceptors (Lipinski definition) is 6. The molecular weight excluding hydrogens is 578 g/mol. The molecule has 0 amide bonds. The lowest BCUT2D eigenvalue weighted by molar-refractivity contribution is 0.669. The van der Waals surface area contributed by atoms with Gasteiger partial charge in [0.05, 0.1) is 16.6 Å². The number of aromatic nitrogens is 5. The van der Waals surface area contributed by atoms with Gasteiger partial charge in [0, 0.05) is 51.0 Å². The molecule has 47 heavy (non-hydrogen) atoms. The van der Waals surface area contributed by atoms with Crippen LogP contribution in [0.3, 0.4) is 0 Å². The van der Waals surface area contributed by atoms with Gasteiger partial charge in [-0.25, -0.2) is 15.0 Å². The van der Waals surface area contributed by atoms with Crippen molar-refractivity contribution in [3.8, 4) is 56.5 Å². The van der Waals surface area contributed by atoms with E-state index in [1.165, 1.54) is 0 Å². The molecule has 0 aliphatic heterocycles. The average Bonchev–Trinajstić information content (AvgIpc) is 3.55. The number of pyridine rings is 2. The van der Waals surface area contributed by atoms with Crippen molar-refractivity contribution < 1.29 is 4.42 Å². The second kappa shape index (κ2) is 11.1. The van der Waals surface area contributed by atoms with E-state index in [0.29, 0.717) is 17.5 Å². The number of hydrogen-bond donors (Lipinski definition) is 0. The van der Waals surface area contributed by atoms with Gasteiger partial charge < -0.3 is 4.42 Å². The summed E-state index contributed by atoms with van der Waals surface area (Å²) in [5.41, 5.74) is 9.16. The summed E-state index contributed by atoms with van der Waals surface area (Å²) in [4.78, 5) is 24.1. The first-order valence-electron chi connectivity index (χ1n) is 15.4. The molecule has 0 aliphatic rings. The molecule has 5 aromatic carbocycles. The molecule has 9 rings (SSSR count). The molecule has 0 saturated heterocycles. The monoisotopic (exact) mass is 603 g/mol. The van der Waals surface area contributed by atoms with Crippen LogP contribution in [-0.2, 0) is 0 Å². The Morgan fingerprint density at radius 1 is 0.426 bits per heavy atom. The van der Waals surface area contributed by atoms with Crippen molar-refractivity contribution in [2.45, 2.75) is 0 Å². The fourth-order valence-electron chi connectivity index (χ4n) is 6.21. The van der Waals surface area contributed by atoms with E-state index < -0.39 is 0 Å². The molecule has 0 bridgehead atoms. The minimum atomic E-state index is 0.616. The number of rotatable bonds is 5. The highest BCUT2D eigenvalue weighted by Gasteiger charge is 2.19. The van der Waals surface area contributed by atoms with E-state index in [1.54, 1.807) is 6.20 Å². The van der Waals surface area contributed by atoms with Crippen LogP contribution in [0, 0.1) is 0 Å². The number of nitrogens with zero attached hydrogens (tertiary/aromatic N) is 5. The van der Waals surface area contributed by atoms with E-state index in [1.807, 2.05) is 85.1 Å². The van der Waals surface area contributed by atoms with Crippen LogP contribution >= 0.6 is 0 Å². The van der Waals surface area contributed by atoms with Crippen LogP contribution < -0.4 is 0 Å². The lowest BCUT2D eigenvalue weighted by Crippen LogP contribution is -2.00. The Kier molecular flexibility index (Phi) is 6.35. The lowest BCUT2D eigenvalue weighted by Gasteiger charge is -2.09. The summed E-state index contributed by atoms with van der Waals surface area (Å²) in [6.07, 6.45) is 3.63. The topological polar surface area (TPSA) is 77.6 Å². The van der Waals surface area contributed by atoms with Crippen molar-refractivity contribution in [3.05, 3.63) is 152 Å². The third-order valence-electron chi connectivity index (χ3n) is 8.45. The molecule has 220 valence electrons. The zero-order chi connectivity index (χ0) is 31.2. The van der Waals surface area contributed by atoms with Crippen LogP contribution in [0.15, 0.2) is 156 Å². The zero-order valence-corrected chi connectivity index (χ0v) is 25.1. The molecule has 6 nitrogen and oxygen atoms in total. The Labute approximate surface area is 270 Å². The van der Waals surface area contributed by atoms with Gasteiger partial charge in [0.2, 0.25) is 0 Å². The van der Waals surface area contributed by atoms with Crippen molar-refractivity contribution in [3.63, 3.8) is 0 Å². The first-order chi connectivity index (χ1) is 23.3. The standard InChI is InChI=1S/C41H25N5O/c1-3-10-28(11-4-1)39-44-40(29-12-5-2-6-13-29)46-41(45-39)30-21-19-26(20-22-30)31-16-8-17-32-35-34(47-38(31)32)23-25-43-37(35)33-18-7-14-27-15-9-24-42-36(27)33/h1-25H. The SMILES string of the molecule is c1ccc(-c2nc(-c3ccccc3)nc(-c3ccc(-c4cccc5c4oc4ccnc(-c6cccc7cccnc67)c45)cc3)n2)cc1. The molecule has 0 unspecified atom stereocenters. The summed E-state index contributed by atoms with van der Waals surface area (Å²) >= 11 is 0. The van der Waals surface area contributed by atoms with Gasteiger partial charge in [0.1, 0.15) is 11.2 Å². The van der Waals surface area contributed by atoms with Gasteiger partial charge in [-0.1, -0.05) is 127 Å². The normalized spacial score (nSPS) is 11.4. The van der Waals surface area contributed by atoms with E-state index >= 15 is 0 Å². The maximum absolute atomic E-state index is 6.56. The highest BCUT2D eigenvalue weighted by molar-refractivity contribution is 6.16. The average molecular weight is 604 g/mol. The minimum Gasteiger partial charge on any atom is -0.455 e. The number of para-hydroxylation sites is 2. The molecule has 0 fully saturated rings. The minimum absolute atomic E-state index is 0.616. The van der Waals surface area contributed by atoms with Crippen LogP contribution in [0.5, 0.6) is 0 Å².